The zero-order chi connectivity index (χ0) is 18.4. The molecule has 8 nitrogen and oxygen atoms in total. The third-order valence-electron chi connectivity index (χ3n) is 5.01. The molecule has 2 heterocycles. The Morgan fingerprint density at radius 3 is 2.58 bits per heavy atom. The van der Waals surface area contributed by atoms with E-state index in [1.54, 1.807) is 18.2 Å². The fraction of sp³-hybridized carbons (Fsp3) is 0.500. The van der Waals surface area contributed by atoms with E-state index in [-0.39, 0.29) is 5.63 Å². The molecule has 4 rings (SSSR count). The van der Waals surface area contributed by atoms with E-state index in [1.165, 1.54) is 0 Å². The largest absolute Gasteiger partial charge is 0.422 e. The number of anilines is 1. The summed E-state index contributed by atoms with van der Waals surface area (Å²) in [5, 5.41) is 43.0. The van der Waals surface area contributed by atoms with Gasteiger partial charge in [0, 0.05) is 22.7 Å². The number of hydrogen-bond acceptors (Lipinski definition) is 8. The second kappa shape index (κ2) is 6.64. The Bertz CT molecular complexity index is 862. The van der Waals surface area contributed by atoms with Crippen LogP contribution in [0.5, 0.6) is 0 Å². The summed E-state index contributed by atoms with van der Waals surface area (Å²) < 4.78 is 10.5. The number of hydrogen-bond donors (Lipinski definition) is 5. The van der Waals surface area contributed by atoms with Gasteiger partial charge in [-0.2, -0.15) is 0 Å². The van der Waals surface area contributed by atoms with Gasteiger partial charge in [-0.3, -0.25) is 0 Å². The topological polar surface area (TPSA) is 132 Å². The van der Waals surface area contributed by atoms with Crippen molar-refractivity contribution in [2.24, 2.45) is 0 Å². The number of benzene rings is 1. The molecule has 0 spiro atoms. The fourth-order valence-electron chi connectivity index (χ4n) is 3.34. The first kappa shape index (κ1) is 17.4. The van der Waals surface area contributed by atoms with E-state index in [1.807, 2.05) is 6.07 Å². The molecule has 26 heavy (non-hydrogen) atoms. The summed E-state index contributed by atoms with van der Waals surface area (Å²) in [7, 11) is 0. The maximum atomic E-state index is 12.1. The maximum Gasteiger partial charge on any atom is 0.339 e. The predicted octanol–water partition coefficient (Wildman–Crippen LogP) is -0.118. The predicted molar refractivity (Wildman–Crippen MR) is 91.8 cm³/mol. The highest BCUT2D eigenvalue weighted by Gasteiger charge is 2.43. The average Bonchev–Trinajstić information content (AvgIpc) is 3.46. The zero-order valence-electron chi connectivity index (χ0n) is 13.9. The Hall–Kier alpha value is -1.97. The average molecular weight is 363 g/mol. The summed E-state index contributed by atoms with van der Waals surface area (Å²) in [5.74, 6) is 0.291. The number of nitrogens with one attached hydrogen (secondary N) is 1. The van der Waals surface area contributed by atoms with E-state index >= 15 is 0 Å². The Labute approximate surface area is 148 Å². The van der Waals surface area contributed by atoms with E-state index < -0.39 is 37.3 Å². The third kappa shape index (κ3) is 3.10. The molecule has 1 aromatic carbocycles. The molecule has 1 aliphatic heterocycles. The molecule has 2 aromatic rings. The summed E-state index contributed by atoms with van der Waals surface area (Å²) in [6.45, 7) is -0.521. The van der Waals surface area contributed by atoms with Crippen LogP contribution in [0.1, 0.15) is 24.3 Å². The van der Waals surface area contributed by atoms with Crippen molar-refractivity contribution in [2.45, 2.75) is 49.4 Å². The molecule has 1 aromatic heterocycles. The smallest absolute Gasteiger partial charge is 0.339 e. The lowest BCUT2D eigenvalue weighted by Gasteiger charge is -2.40. The molecule has 0 amide bonds. The van der Waals surface area contributed by atoms with Crippen LogP contribution >= 0.6 is 0 Å². The minimum absolute atomic E-state index is 0.291. The SMILES string of the molecule is O=c1oc2cc(NC3C(O)OC(CO)[C@H](O)[C@H]3O)ccc2cc1C1CC1. The zero-order valence-corrected chi connectivity index (χ0v) is 13.9. The van der Waals surface area contributed by atoms with Crippen LogP contribution in [0.4, 0.5) is 5.69 Å². The first-order valence-corrected chi connectivity index (χ1v) is 8.63. The van der Waals surface area contributed by atoms with Gasteiger partial charge in [0.1, 0.15) is 29.9 Å². The molecule has 2 aliphatic rings. The van der Waals surface area contributed by atoms with Crippen LogP contribution in [-0.2, 0) is 4.74 Å². The highest BCUT2D eigenvalue weighted by atomic mass is 16.6. The van der Waals surface area contributed by atoms with E-state index in [0.717, 1.165) is 18.2 Å². The molecule has 0 bridgehead atoms. The van der Waals surface area contributed by atoms with Crippen molar-refractivity contribution in [3.8, 4) is 0 Å². The molecule has 1 aliphatic carbocycles. The number of aliphatic hydroxyl groups excluding tert-OH is 4. The van der Waals surface area contributed by atoms with Gasteiger partial charge in [-0.05, 0) is 37.0 Å². The van der Waals surface area contributed by atoms with Crippen LogP contribution in [0.3, 0.4) is 0 Å². The quantitative estimate of drug-likeness (QED) is 0.475. The molecule has 1 saturated heterocycles. The van der Waals surface area contributed by atoms with Crippen LogP contribution < -0.4 is 10.9 Å². The second-order valence-corrected chi connectivity index (χ2v) is 6.92. The first-order valence-electron chi connectivity index (χ1n) is 8.63. The van der Waals surface area contributed by atoms with Gasteiger partial charge in [-0.1, -0.05) is 0 Å². The molecule has 0 radical (unpaired) electrons. The Balaban J connectivity index is 1.59. The van der Waals surface area contributed by atoms with E-state index in [2.05, 4.69) is 5.32 Å². The lowest BCUT2D eigenvalue weighted by Crippen LogP contribution is -2.61. The molecule has 2 fully saturated rings. The number of ether oxygens (including phenoxy) is 1. The molecule has 1 saturated carbocycles. The summed E-state index contributed by atoms with van der Waals surface area (Å²) in [5.41, 5.74) is 1.22. The van der Waals surface area contributed by atoms with Crippen molar-refractivity contribution in [3.05, 3.63) is 40.2 Å². The maximum absolute atomic E-state index is 12.1. The normalized spacial score (nSPS) is 31.9. The van der Waals surface area contributed by atoms with Crippen LogP contribution in [-0.4, -0.2) is 57.7 Å². The highest BCUT2D eigenvalue weighted by Crippen LogP contribution is 2.39. The second-order valence-electron chi connectivity index (χ2n) is 6.92. The molecule has 3 unspecified atom stereocenters. The highest BCUT2D eigenvalue weighted by molar-refractivity contribution is 5.81. The van der Waals surface area contributed by atoms with Gasteiger partial charge in [0.15, 0.2) is 6.29 Å². The lowest BCUT2D eigenvalue weighted by molar-refractivity contribution is -0.245. The standard InChI is InChI=1S/C18H21NO7/c20-7-13-15(21)16(22)14(18(24)26-13)19-10-4-3-9-5-11(8-1-2-8)17(23)25-12(9)6-10/h3-6,8,13-16,18-22,24H,1-2,7H2/t13?,14?,15-,16-,18?/m0/s1. The summed E-state index contributed by atoms with van der Waals surface area (Å²) >= 11 is 0. The van der Waals surface area contributed by atoms with Gasteiger partial charge in [-0.15, -0.1) is 0 Å². The van der Waals surface area contributed by atoms with Crippen molar-refractivity contribution in [2.75, 3.05) is 11.9 Å². The number of fused-ring (bicyclic) bond motifs is 1. The summed E-state index contributed by atoms with van der Waals surface area (Å²) in [4.78, 5) is 12.1. The van der Waals surface area contributed by atoms with Crippen LogP contribution in [0.2, 0.25) is 0 Å². The third-order valence-corrected chi connectivity index (χ3v) is 5.01. The van der Waals surface area contributed by atoms with E-state index in [9.17, 15) is 20.1 Å². The van der Waals surface area contributed by atoms with Crippen LogP contribution in [0.15, 0.2) is 33.5 Å². The van der Waals surface area contributed by atoms with Crippen molar-refractivity contribution in [3.63, 3.8) is 0 Å². The fourth-order valence-corrected chi connectivity index (χ4v) is 3.34. The molecule has 5 atom stereocenters. The van der Waals surface area contributed by atoms with Crippen molar-refractivity contribution < 1.29 is 29.6 Å². The molecule has 8 heteroatoms. The molecular weight excluding hydrogens is 342 g/mol. The van der Waals surface area contributed by atoms with Gasteiger partial charge in [0.05, 0.1) is 6.61 Å². The Kier molecular flexibility index (Phi) is 4.45. The van der Waals surface area contributed by atoms with Crippen molar-refractivity contribution in [1.82, 2.24) is 0 Å². The van der Waals surface area contributed by atoms with Gasteiger partial charge in [-0.25, -0.2) is 4.79 Å². The van der Waals surface area contributed by atoms with E-state index in [0.29, 0.717) is 22.8 Å². The summed E-state index contributed by atoms with van der Waals surface area (Å²) in [6, 6.07) is 5.93. The van der Waals surface area contributed by atoms with Gasteiger partial charge < -0.3 is 34.9 Å². The molecule has 140 valence electrons. The Morgan fingerprint density at radius 1 is 1.12 bits per heavy atom. The molecular formula is C18H21NO7. The Morgan fingerprint density at radius 2 is 1.88 bits per heavy atom. The van der Waals surface area contributed by atoms with Gasteiger partial charge in [0.2, 0.25) is 0 Å². The van der Waals surface area contributed by atoms with Gasteiger partial charge >= 0.3 is 5.63 Å². The minimum Gasteiger partial charge on any atom is -0.422 e. The van der Waals surface area contributed by atoms with Crippen molar-refractivity contribution in [1.29, 1.82) is 0 Å². The van der Waals surface area contributed by atoms with Gasteiger partial charge in [0.25, 0.3) is 0 Å². The van der Waals surface area contributed by atoms with Crippen LogP contribution in [0, 0.1) is 0 Å². The lowest BCUT2D eigenvalue weighted by atomic mass is 9.97. The minimum atomic E-state index is -1.43. The number of rotatable bonds is 4. The first-order chi connectivity index (χ1) is 12.5. The van der Waals surface area contributed by atoms with E-state index in [4.69, 9.17) is 14.3 Å². The number of aliphatic hydroxyl groups is 4. The monoisotopic (exact) mass is 363 g/mol. The van der Waals surface area contributed by atoms with Crippen LogP contribution in [0.25, 0.3) is 11.0 Å². The summed E-state index contributed by atoms with van der Waals surface area (Å²) in [6.07, 6.45) is -3.18. The van der Waals surface area contributed by atoms with Crippen molar-refractivity contribution >= 4 is 16.7 Å². The molecule has 5 N–H and O–H groups in total.